The van der Waals surface area contributed by atoms with Crippen LogP contribution in [-0.4, -0.2) is 18.6 Å². The molecule has 0 bridgehead atoms. The van der Waals surface area contributed by atoms with Gasteiger partial charge in [0.25, 0.3) is 0 Å². The summed E-state index contributed by atoms with van der Waals surface area (Å²) in [6, 6.07) is 0. The summed E-state index contributed by atoms with van der Waals surface area (Å²) < 4.78 is 0. The Hall–Kier alpha value is -0.610. The molecule has 1 fully saturated rings. The molecule has 1 amide bonds. The van der Waals surface area contributed by atoms with Crippen LogP contribution in [0.25, 0.3) is 0 Å². The van der Waals surface area contributed by atoms with Gasteiger partial charge in [0.2, 0.25) is 5.91 Å². The van der Waals surface area contributed by atoms with E-state index in [9.17, 15) is 4.79 Å². The van der Waals surface area contributed by atoms with E-state index in [-0.39, 0.29) is 5.91 Å². The lowest BCUT2D eigenvalue weighted by molar-refractivity contribution is -0.118. The monoisotopic (exact) mass is 172 g/mol. The minimum absolute atomic E-state index is 0.294. The number of hydroxylamine groups is 1. The molecule has 12 heavy (non-hydrogen) atoms. The molecule has 1 saturated carbocycles. The third-order valence-electron chi connectivity index (χ3n) is 2.03. The van der Waals surface area contributed by atoms with Crippen LogP contribution in [0.15, 0.2) is 0 Å². The highest BCUT2D eigenvalue weighted by atomic mass is 16.7. The summed E-state index contributed by atoms with van der Waals surface area (Å²) in [6.45, 7) is 0.520. The van der Waals surface area contributed by atoms with Gasteiger partial charge in [-0.05, 0) is 12.8 Å². The van der Waals surface area contributed by atoms with E-state index in [0.717, 1.165) is 12.8 Å². The summed E-state index contributed by atoms with van der Waals surface area (Å²) in [5.74, 6) is -0.294. The van der Waals surface area contributed by atoms with Crippen LogP contribution < -0.4 is 11.2 Å². The summed E-state index contributed by atoms with van der Waals surface area (Å²) in [6.07, 6.45) is 5.45. The van der Waals surface area contributed by atoms with Gasteiger partial charge in [-0.25, -0.2) is 5.48 Å². The van der Waals surface area contributed by atoms with Gasteiger partial charge in [0.15, 0.2) is 0 Å². The zero-order valence-electron chi connectivity index (χ0n) is 7.21. The van der Waals surface area contributed by atoms with Crippen molar-refractivity contribution in [3.8, 4) is 0 Å². The van der Waals surface area contributed by atoms with Crippen molar-refractivity contribution in [2.45, 2.75) is 38.2 Å². The molecular formula is C8H16N2O2. The maximum absolute atomic E-state index is 10.3. The summed E-state index contributed by atoms with van der Waals surface area (Å²) in [5, 5.41) is 0. The van der Waals surface area contributed by atoms with Gasteiger partial charge in [0.1, 0.15) is 0 Å². The first-order valence-electron chi connectivity index (χ1n) is 4.46. The number of amides is 1. The van der Waals surface area contributed by atoms with Crippen molar-refractivity contribution in [2.75, 3.05) is 6.54 Å². The molecule has 3 N–H and O–H groups in total. The molecule has 0 atom stereocenters. The molecule has 70 valence electrons. The van der Waals surface area contributed by atoms with E-state index in [1.165, 1.54) is 12.8 Å². The average Bonchev–Trinajstić information content (AvgIpc) is 2.49. The summed E-state index contributed by atoms with van der Waals surface area (Å²) >= 11 is 0. The van der Waals surface area contributed by atoms with E-state index in [2.05, 4.69) is 5.48 Å². The maximum atomic E-state index is 10.3. The fourth-order valence-electron chi connectivity index (χ4n) is 1.36. The van der Waals surface area contributed by atoms with Crippen molar-refractivity contribution in [3.63, 3.8) is 0 Å². The third-order valence-corrected chi connectivity index (χ3v) is 2.03. The van der Waals surface area contributed by atoms with Crippen LogP contribution in [-0.2, 0) is 9.63 Å². The number of rotatable bonds is 5. The molecule has 0 radical (unpaired) electrons. The number of nitrogens with two attached hydrogens (primary N) is 1. The van der Waals surface area contributed by atoms with Crippen LogP contribution in [0.2, 0.25) is 0 Å². The fourth-order valence-corrected chi connectivity index (χ4v) is 1.36. The highest BCUT2D eigenvalue weighted by Crippen LogP contribution is 2.19. The van der Waals surface area contributed by atoms with E-state index in [4.69, 9.17) is 10.6 Å². The summed E-state index contributed by atoms with van der Waals surface area (Å²) in [5.41, 5.74) is 7.71. The van der Waals surface area contributed by atoms with Crippen molar-refractivity contribution >= 4 is 5.91 Å². The minimum atomic E-state index is -0.294. The molecule has 4 heteroatoms. The van der Waals surface area contributed by atoms with Crippen LogP contribution >= 0.6 is 0 Å². The molecule has 0 aromatic heterocycles. The van der Waals surface area contributed by atoms with Crippen LogP contribution in [0.3, 0.4) is 0 Å². The van der Waals surface area contributed by atoms with Gasteiger partial charge in [0, 0.05) is 13.0 Å². The van der Waals surface area contributed by atoms with Crippen molar-refractivity contribution in [1.82, 2.24) is 5.48 Å². The Labute approximate surface area is 72.4 Å². The van der Waals surface area contributed by atoms with Gasteiger partial charge in [0.05, 0.1) is 6.10 Å². The van der Waals surface area contributed by atoms with E-state index in [1.807, 2.05) is 0 Å². The Morgan fingerprint density at radius 2 is 2.17 bits per heavy atom. The predicted molar refractivity (Wildman–Crippen MR) is 45.2 cm³/mol. The highest BCUT2D eigenvalue weighted by Gasteiger charge is 2.14. The van der Waals surface area contributed by atoms with Crippen molar-refractivity contribution in [1.29, 1.82) is 0 Å². The molecule has 0 unspecified atom stereocenters. The summed E-state index contributed by atoms with van der Waals surface area (Å²) in [4.78, 5) is 15.6. The normalized spacial score (nSPS) is 18.3. The second kappa shape index (κ2) is 5.11. The van der Waals surface area contributed by atoms with E-state index in [0.29, 0.717) is 19.1 Å². The van der Waals surface area contributed by atoms with Crippen LogP contribution in [0.4, 0.5) is 0 Å². The van der Waals surface area contributed by atoms with E-state index in [1.54, 1.807) is 0 Å². The maximum Gasteiger partial charge on any atom is 0.218 e. The number of nitrogens with one attached hydrogen (secondary N) is 1. The average molecular weight is 172 g/mol. The Kier molecular flexibility index (Phi) is 4.04. The van der Waals surface area contributed by atoms with Gasteiger partial charge in [-0.15, -0.1) is 0 Å². The number of carbonyl (C=O) groups excluding carboxylic acids is 1. The molecule has 1 rings (SSSR count). The third kappa shape index (κ3) is 3.69. The van der Waals surface area contributed by atoms with Gasteiger partial charge >= 0.3 is 0 Å². The lowest BCUT2D eigenvalue weighted by Gasteiger charge is -2.10. The van der Waals surface area contributed by atoms with Gasteiger partial charge in [-0.1, -0.05) is 12.8 Å². The molecule has 0 heterocycles. The number of carbonyl (C=O) groups is 1. The molecule has 1 aliphatic carbocycles. The summed E-state index contributed by atoms with van der Waals surface area (Å²) in [7, 11) is 0. The number of primary amides is 1. The van der Waals surface area contributed by atoms with Gasteiger partial charge in [-0.2, -0.15) is 0 Å². The lowest BCUT2D eigenvalue weighted by atomic mass is 10.3. The van der Waals surface area contributed by atoms with Crippen molar-refractivity contribution in [2.24, 2.45) is 5.73 Å². The van der Waals surface area contributed by atoms with Crippen LogP contribution in [0.5, 0.6) is 0 Å². The molecule has 0 spiro atoms. The molecule has 4 nitrogen and oxygen atoms in total. The first-order valence-corrected chi connectivity index (χ1v) is 4.46. The lowest BCUT2D eigenvalue weighted by Crippen LogP contribution is -2.26. The van der Waals surface area contributed by atoms with Gasteiger partial charge in [-0.3, -0.25) is 9.63 Å². The molecule has 0 aromatic rings. The van der Waals surface area contributed by atoms with Gasteiger partial charge < -0.3 is 5.73 Å². The minimum Gasteiger partial charge on any atom is -0.370 e. The highest BCUT2D eigenvalue weighted by molar-refractivity contribution is 5.73. The van der Waals surface area contributed by atoms with E-state index >= 15 is 0 Å². The molecule has 0 aliphatic heterocycles. The number of hydrogen-bond donors (Lipinski definition) is 2. The zero-order chi connectivity index (χ0) is 8.81. The molecular weight excluding hydrogens is 156 g/mol. The van der Waals surface area contributed by atoms with Crippen LogP contribution in [0, 0.1) is 0 Å². The first kappa shape index (κ1) is 9.48. The smallest absolute Gasteiger partial charge is 0.218 e. The Bertz CT molecular complexity index is 144. The second-order valence-electron chi connectivity index (χ2n) is 3.13. The standard InChI is InChI=1S/C8H16N2O2/c9-8(11)5-6-10-12-7-3-1-2-4-7/h7,10H,1-6H2,(H2,9,11). The quantitative estimate of drug-likeness (QED) is 0.464. The first-order chi connectivity index (χ1) is 5.79. The molecule has 1 aliphatic rings. The molecule has 0 aromatic carbocycles. The topological polar surface area (TPSA) is 64.4 Å². The van der Waals surface area contributed by atoms with Crippen molar-refractivity contribution in [3.05, 3.63) is 0 Å². The Balaban J connectivity index is 1.91. The Morgan fingerprint density at radius 3 is 2.75 bits per heavy atom. The predicted octanol–water partition coefficient (Wildman–Crippen LogP) is 0.326. The second-order valence-corrected chi connectivity index (χ2v) is 3.13. The fraction of sp³-hybridized carbons (Fsp3) is 0.875. The largest absolute Gasteiger partial charge is 0.370 e. The molecule has 0 saturated heterocycles. The Morgan fingerprint density at radius 1 is 1.50 bits per heavy atom. The SMILES string of the molecule is NC(=O)CCNOC1CCCC1. The number of hydrogen-bond acceptors (Lipinski definition) is 3. The van der Waals surface area contributed by atoms with Crippen molar-refractivity contribution < 1.29 is 9.63 Å². The van der Waals surface area contributed by atoms with Crippen LogP contribution in [0.1, 0.15) is 32.1 Å². The van der Waals surface area contributed by atoms with E-state index < -0.39 is 0 Å². The zero-order valence-corrected chi connectivity index (χ0v) is 7.21.